The van der Waals surface area contributed by atoms with Crippen molar-refractivity contribution in [2.75, 3.05) is 7.11 Å². The van der Waals surface area contributed by atoms with Crippen LogP contribution >= 0.6 is 0 Å². The van der Waals surface area contributed by atoms with E-state index in [9.17, 15) is 22.8 Å². The Morgan fingerprint density at radius 2 is 1.72 bits per heavy atom. The molecule has 0 fully saturated rings. The van der Waals surface area contributed by atoms with E-state index in [-0.39, 0.29) is 0 Å². The van der Waals surface area contributed by atoms with Crippen molar-refractivity contribution in [3.8, 4) is 5.75 Å². The lowest BCUT2D eigenvalue weighted by molar-refractivity contribution is -0.201. The molecule has 0 aromatic heterocycles. The number of rotatable bonds is 3. The minimum Gasteiger partial charge on any atom is -0.497 e. The average molecular weight is 262 g/mol. The first-order valence-corrected chi connectivity index (χ1v) is 4.77. The van der Waals surface area contributed by atoms with Gasteiger partial charge in [-0.05, 0) is 17.7 Å². The molecule has 0 saturated heterocycles. The Kier molecular flexibility index (Phi) is 4.30. The van der Waals surface area contributed by atoms with Crippen LogP contribution in [0.25, 0.3) is 0 Å². The highest BCUT2D eigenvalue weighted by Crippen LogP contribution is 2.17. The zero-order valence-electron chi connectivity index (χ0n) is 9.28. The Morgan fingerprint density at radius 1 is 1.17 bits per heavy atom. The number of benzene rings is 1. The molecule has 0 atom stereocenters. The van der Waals surface area contributed by atoms with Crippen molar-refractivity contribution in [2.45, 2.75) is 12.6 Å². The smallest absolute Gasteiger partial charge is 0.491 e. The van der Waals surface area contributed by atoms with Crippen molar-refractivity contribution in [3.63, 3.8) is 0 Å². The van der Waals surface area contributed by atoms with Crippen molar-refractivity contribution in [1.82, 2.24) is 0 Å². The van der Waals surface area contributed by atoms with Gasteiger partial charge in [-0.15, -0.1) is 0 Å². The number of halogens is 3. The normalized spacial score (nSPS) is 10.9. The molecular weight excluding hydrogens is 253 g/mol. The highest BCUT2D eigenvalue weighted by atomic mass is 19.4. The van der Waals surface area contributed by atoms with Gasteiger partial charge in [0.2, 0.25) is 0 Å². The van der Waals surface area contributed by atoms with Crippen LogP contribution in [0.3, 0.4) is 0 Å². The molecule has 0 spiro atoms. The van der Waals surface area contributed by atoms with Crippen LogP contribution < -0.4 is 4.74 Å². The summed E-state index contributed by atoms with van der Waals surface area (Å²) in [6.45, 7) is 0. The molecule has 1 aromatic rings. The molecule has 1 aromatic carbocycles. The molecule has 0 aliphatic carbocycles. The van der Waals surface area contributed by atoms with Crippen molar-refractivity contribution in [1.29, 1.82) is 0 Å². The minimum atomic E-state index is -5.17. The van der Waals surface area contributed by atoms with Gasteiger partial charge in [0.05, 0.1) is 13.5 Å². The van der Waals surface area contributed by atoms with E-state index >= 15 is 0 Å². The maximum Gasteiger partial charge on any atom is 0.491 e. The highest BCUT2D eigenvalue weighted by Gasteiger charge is 2.42. The van der Waals surface area contributed by atoms with E-state index in [4.69, 9.17) is 4.74 Å². The van der Waals surface area contributed by atoms with Crippen LogP contribution in [0.5, 0.6) is 5.75 Å². The van der Waals surface area contributed by atoms with E-state index in [1.165, 1.54) is 31.4 Å². The van der Waals surface area contributed by atoms with Gasteiger partial charge in [0.15, 0.2) is 0 Å². The number of hydrogen-bond acceptors (Lipinski definition) is 4. The molecule has 0 N–H and O–H groups in total. The summed E-state index contributed by atoms with van der Waals surface area (Å²) in [5.41, 5.74) is 0.413. The molecule has 0 aliphatic rings. The van der Waals surface area contributed by atoms with Crippen LogP contribution in [0, 0.1) is 0 Å². The van der Waals surface area contributed by atoms with Gasteiger partial charge in [-0.25, -0.2) is 4.79 Å². The number of carbonyl (C=O) groups is 2. The molecule has 0 radical (unpaired) electrons. The quantitative estimate of drug-likeness (QED) is 0.616. The number of methoxy groups -OCH3 is 1. The lowest BCUT2D eigenvalue weighted by Gasteiger charge is -2.06. The molecule has 18 heavy (non-hydrogen) atoms. The SMILES string of the molecule is COc1ccc(CC(=O)OC(=O)C(F)(F)F)cc1. The zero-order valence-corrected chi connectivity index (χ0v) is 9.28. The third kappa shape index (κ3) is 4.08. The van der Waals surface area contributed by atoms with Crippen LogP contribution in [0.2, 0.25) is 0 Å². The van der Waals surface area contributed by atoms with Crippen LogP contribution in [-0.4, -0.2) is 25.2 Å². The second-order valence-electron chi connectivity index (χ2n) is 3.28. The predicted molar refractivity (Wildman–Crippen MR) is 53.9 cm³/mol. The summed E-state index contributed by atoms with van der Waals surface area (Å²) in [5.74, 6) is -3.23. The number of carbonyl (C=O) groups excluding carboxylic acids is 2. The fourth-order valence-electron chi connectivity index (χ4n) is 1.11. The van der Waals surface area contributed by atoms with Gasteiger partial charge in [-0.3, -0.25) is 4.79 Å². The summed E-state index contributed by atoms with van der Waals surface area (Å²) in [6, 6.07) is 6.04. The first kappa shape index (κ1) is 14.0. The second kappa shape index (κ2) is 5.52. The van der Waals surface area contributed by atoms with Crippen molar-refractivity contribution in [2.24, 2.45) is 0 Å². The van der Waals surface area contributed by atoms with Crippen molar-refractivity contribution in [3.05, 3.63) is 29.8 Å². The lowest BCUT2D eigenvalue weighted by Crippen LogP contribution is -2.28. The largest absolute Gasteiger partial charge is 0.497 e. The number of ether oxygens (including phenoxy) is 2. The molecule has 0 bridgehead atoms. The summed E-state index contributed by atoms with van der Waals surface area (Å²) in [6.07, 6.45) is -5.60. The molecule has 0 heterocycles. The fourth-order valence-corrected chi connectivity index (χ4v) is 1.11. The van der Waals surface area contributed by atoms with Crippen LogP contribution in [0.1, 0.15) is 5.56 Å². The summed E-state index contributed by atoms with van der Waals surface area (Å²) < 4.78 is 43.9. The predicted octanol–water partition coefficient (Wildman–Crippen LogP) is 1.87. The Morgan fingerprint density at radius 3 is 2.17 bits per heavy atom. The summed E-state index contributed by atoms with van der Waals surface area (Å²) in [5, 5.41) is 0. The third-order valence-electron chi connectivity index (χ3n) is 1.95. The maximum absolute atomic E-state index is 11.8. The Bertz CT molecular complexity index is 437. The highest BCUT2D eigenvalue weighted by molar-refractivity contribution is 5.89. The Hall–Kier alpha value is -2.05. The fraction of sp³-hybridized carbons (Fsp3) is 0.273. The van der Waals surface area contributed by atoms with Crippen LogP contribution in [0.4, 0.5) is 13.2 Å². The molecule has 0 aliphatic heterocycles. The summed E-state index contributed by atoms with van der Waals surface area (Å²) in [7, 11) is 1.45. The van der Waals surface area contributed by atoms with Crippen LogP contribution in [-0.2, 0) is 20.7 Å². The number of alkyl halides is 3. The van der Waals surface area contributed by atoms with Crippen molar-refractivity contribution >= 4 is 11.9 Å². The molecule has 0 saturated carbocycles. The molecule has 0 unspecified atom stereocenters. The average Bonchev–Trinajstić information content (AvgIpc) is 2.28. The first-order valence-electron chi connectivity index (χ1n) is 4.77. The Balaban J connectivity index is 2.57. The maximum atomic E-state index is 11.8. The standard InChI is InChI=1S/C11H9F3O4/c1-17-8-4-2-7(3-5-8)6-9(15)18-10(16)11(12,13)14/h2-5H,6H2,1H3. The molecule has 98 valence electrons. The summed E-state index contributed by atoms with van der Waals surface area (Å²) in [4.78, 5) is 21.4. The molecule has 4 nitrogen and oxygen atoms in total. The van der Waals surface area contributed by atoms with Crippen molar-refractivity contribution < 1.29 is 32.2 Å². The number of esters is 2. The molecule has 0 amide bonds. The lowest BCUT2D eigenvalue weighted by atomic mass is 10.1. The zero-order chi connectivity index (χ0) is 13.8. The van der Waals surface area contributed by atoms with Gasteiger partial charge in [0.25, 0.3) is 0 Å². The van der Waals surface area contributed by atoms with Gasteiger partial charge in [0, 0.05) is 0 Å². The van der Waals surface area contributed by atoms with E-state index in [1.807, 2.05) is 0 Å². The summed E-state index contributed by atoms with van der Waals surface area (Å²) >= 11 is 0. The Labute approximate surface area is 100 Å². The number of hydrogen-bond donors (Lipinski definition) is 0. The second-order valence-corrected chi connectivity index (χ2v) is 3.28. The van der Waals surface area contributed by atoms with E-state index in [0.29, 0.717) is 11.3 Å². The van der Waals surface area contributed by atoms with Gasteiger partial charge < -0.3 is 9.47 Å². The van der Waals surface area contributed by atoms with Gasteiger partial charge in [-0.2, -0.15) is 13.2 Å². The first-order chi connectivity index (χ1) is 8.32. The monoisotopic (exact) mass is 262 g/mol. The molecular formula is C11H9F3O4. The molecule has 1 rings (SSSR count). The minimum absolute atomic E-state index is 0.413. The molecule has 7 heteroatoms. The van der Waals surface area contributed by atoms with E-state index in [1.54, 1.807) is 0 Å². The van der Waals surface area contributed by atoms with E-state index in [0.717, 1.165) is 0 Å². The van der Waals surface area contributed by atoms with Gasteiger partial charge in [0.1, 0.15) is 5.75 Å². The topological polar surface area (TPSA) is 52.6 Å². The van der Waals surface area contributed by atoms with E-state index < -0.39 is 24.5 Å². The van der Waals surface area contributed by atoms with E-state index in [2.05, 4.69) is 4.74 Å². The van der Waals surface area contributed by atoms with Gasteiger partial charge >= 0.3 is 18.1 Å². The van der Waals surface area contributed by atoms with Crippen LogP contribution in [0.15, 0.2) is 24.3 Å². The van der Waals surface area contributed by atoms with Gasteiger partial charge in [-0.1, -0.05) is 12.1 Å². The third-order valence-corrected chi connectivity index (χ3v) is 1.95.